The molecule has 0 aromatic rings. The monoisotopic (exact) mass is 232 g/mol. The molecular weight excluding hydrogens is 208 g/mol. The van der Waals surface area contributed by atoms with Crippen LogP contribution in [0.2, 0.25) is 0 Å². The number of hydrogen-bond acceptors (Lipinski definition) is 3. The van der Waals surface area contributed by atoms with Gasteiger partial charge in [0.2, 0.25) is 5.96 Å². The minimum Gasteiger partial charge on any atom is -0.353 e. The van der Waals surface area contributed by atoms with Crippen LogP contribution in [0.3, 0.4) is 0 Å². The zero-order valence-electron chi connectivity index (χ0n) is 10.0. The third-order valence-electron chi connectivity index (χ3n) is 2.06. The Kier molecular flexibility index (Phi) is 9.83. The first-order valence-electron chi connectivity index (χ1n) is 5.51. The second kappa shape index (κ2) is 10.1. The quantitative estimate of drug-likeness (QED) is 0.204. The van der Waals surface area contributed by atoms with Crippen LogP contribution in [0.4, 0.5) is 0 Å². The lowest BCUT2D eigenvalue weighted by molar-refractivity contribution is 0.628. The number of unbranched alkanes of at least 4 members (excludes halogenated alkanes) is 1. The molecule has 0 rings (SSSR count). The molecule has 0 spiro atoms. The Morgan fingerprint density at radius 1 is 1.53 bits per heavy atom. The molecule has 0 aliphatic carbocycles. The van der Waals surface area contributed by atoms with E-state index in [2.05, 4.69) is 35.8 Å². The highest BCUT2D eigenvalue weighted by atomic mass is 32.2. The fourth-order valence-electron chi connectivity index (χ4n) is 1.08. The molecule has 0 fully saturated rings. The standard InChI is InChI=1S/C10H24N4S/c1-4-5-7-12-10(14-11)13-9(2)6-8-15-3/h9H,4-8,11H2,1-3H3,(H2,12,13,14). The van der Waals surface area contributed by atoms with E-state index in [-0.39, 0.29) is 0 Å². The maximum atomic E-state index is 5.38. The second-order valence-corrected chi connectivity index (χ2v) is 4.54. The van der Waals surface area contributed by atoms with Crippen LogP contribution in [0.5, 0.6) is 0 Å². The van der Waals surface area contributed by atoms with Gasteiger partial charge in [-0.3, -0.25) is 10.4 Å². The summed E-state index contributed by atoms with van der Waals surface area (Å²) in [6, 6.07) is 0.411. The molecule has 1 unspecified atom stereocenters. The van der Waals surface area contributed by atoms with Gasteiger partial charge < -0.3 is 5.32 Å². The molecule has 0 saturated carbocycles. The predicted molar refractivity (Wildman–Crippen MR) is 70.1 cm³/mol. The number of aliphatic imine (C=N–C) groups is 1. The van der Waals surface area contributed by atoms with Gasteiger partial charge in [0.1, 0.15) is 0 Å². The van der Waals surface area contributed by atoms with Gasteiger partial charge in [-0.1, -0.05) is 13.3 Å². The number of hydrazine groups is 1. The van der Waals surface area contributed by atoms with Crippen LogP contribution in [0.1, 0.15) is 33.1 Å². The molecule has 0 amide bonds. The van der Waals surface area contributed by atoms with E-state index < -0.39 is 0 Å². The minimum absolute atomic E-state index is 0.411. The molecule has 0 aliphatic rings. The average Bonchev–Trinajstić information content (AvgIpc) is 2.25. The lowest BCUT2D eigenvalue weighted by atomic mass is 10.3. The summed E-state index contributed by atoms with van der Waals surface area (Å²) in [7, 11) is 0. The van der Waals surface area contributed by atoms with Crippen molar-refractivity contribution in [1.29, 1.82) is 0 Å². The van der Waals surface area contributed by atoms with E-state index in [1.807, 2.05) is 11.8 Å². The van der Waals surface area contributed by atoms with E-state index >= 15 is 0 Å². The van der Waals surface area contributed by atoms with E-state index in [1.165, 1.54) is 0 Å². The summed E-state index contributed by atoms with van der Waals surface area (Å²) in [6.07, 6.45) is 5.50. The number of nitrogens with zero attached hydrogens (tertiary/aromatic N) is 1. The van der Waals surface area contributed by atoms with Crippen molar-refractivity contribution < 1.29 is 0 Å². The lowest BCUT2D eigenvalue weighted by Gasteiger charge is -2.15. The van der Waals surface area contributed by atoms with Crippen LogP contribution < -0.4 is 16.6 Å². The van der Waals surface area contributed by atoms with Gasteiger partial charge in [-0.2, -0.15) is 11.8 Å². The molecule has 15 heavy (non-hydrogen) atoms. The molecule has 0 bridgehead atoms. The summed E-state index contributed by atoms with van der Waals surface area (Å²) in [5.41, 5.74) is 2.60. The number of nitrogens with one attached hydrogen (secondary N) is 2. The van der Waals surface area contributed by atoms with E-state index in [9.17, 15) is 0 Å². The smallest absolute Gasteiger partial charge is 0.205 e. The number of rotatable bonds is 7. The van der Waals surface area contributed by atoms with Gasteiger partial charge >= 0.3 is 0 Å². The number of thioether (sulfide) groups is 1. The largest absolute Gasteiger partial charge is 0.353 e. The summed E-state index contributed by atoms with van der Waals surface area (Å²) in [5.74, 6) is 7.24. The number of guanidine groups is 1. The highest BCUT2D eigenvalue weighted by molar-refractivity contribution is 7.98. The molecule has 1 atom stereocenters. The van der Waals surface area contributed by atoms with Crippen LogP contribution in [0, 0.1) is 0 Å². The normalized spacial score (nSPS) is 13.7. The molecule has 0 aliphatic heterocycles. The van der Waals surface area contributed by atoms with Gasteiger partial charge in [-0.15, -0.1) is 0 Å². The van der Waals surface area contributed by atoms with Crippen molar-refractivity contribution >= 4 is 17.7 Å². The van der Waals surface area contributed by atoms with E-state index in [0.29, 0.717) is 12.0 Å². The van der Waals surface area contributed by atoms with Crippen molar-refractivity contribution in [3.63, 3.8) is 0 Å². The lowest BCUT2D eigenvalue weighted by Crippen LogP contribution is -2.45. The summed E-state index contributed by atoms with van der Waals surface area (Å²) in [4.78, 5) is 4.34. The first-order chi connectivity index (χ1) is 7.24. The van der Waals surface area contributed by atoms with Crippen molar-refractivity contribution in [1.82, 2.24) is 10.7 Å². The summed E-state index contributed by atoms with van der Waals surface area (Å²) in [5, 5.41) is 3.26. The minimum atomic E-state index is 0.411. The van der Waals surface area contributed by atoms with Crippen LogP contribution in [-0.4, -0.2) is 30.6 Å². The number of nitrogens with two attached hydrogens (primary N) is 1. The zero-order chi connectivity index (χ0) is 11.5. The molecule has 90 valence electrons. The maximum Gasteiger partial charge on any atom is 0.205 e. The molecule has 4 nitrogen and oxygen atoms in total. The number of hydrogen-bond donors (Lipinski definition) is 3. The fraction of sp³-hybridized carbons (Fsp3) is 0.900. The second-order valence-electron chi connectivity index (χ2n) is 3.56. The highest BCUT2D eigenvalue weighted by Crippen LogP contribution is 1.99. The summed E-state index contributed by atoms with van der Waals surface area (Å²) < 4.78 is 0. The van der Waals surface area contributed by atoms with Gasteiger partial charge in [0.15, 0.2) is 0 Å². The molecule has 0 saturated heterocycles. The van der Waals surface area contributed by atoms with Gasteiger partial charge in [0.05, 0.1) is 0 Å². The van der Waals surface area contributed by atoms with Crippen LogP contribution >= 0.6 is 11.8 Å². The summed E-state index contributed by atoms with van der Waals surface area (Å²) >= 11 is 1.85. The third-order valence-corrected chi connectivity index (χ3v) is 2.70. The first kappa shape index (κ1) is 14.6. The Morgan fingerprint density at radius 3 is 2.80 bits per heavy atom. The van der Waals surface area contributed by atoms with Crippen molar-refractivity contribution in [2.75, 3.05) is 18.6 Å². The SMILES string of the molecule is CCCCN=C(NN)NC(C)CCSC. The Balaban J connectivity index is 3.80. The first-order valence-corrected chi connectivity index (χ1v) is 6.90. The van der Waals surface area contributed by atoms with Gasteiger partial charge in [-0.25, -0.2) is 5.84 Å². The van der Waals surface area contributed by atoms with Gasteiger partial charge in [-0.05, 0) is 31.8 Å². The maximum absolute atomic E-state index is 5.38. The predicted octanol–water partition coefficient (Wildman–Crippen LogP) is 1.34. The fourth-order valence-corrected chi connectivity index (χ4v) is 1.67. The molecule has 0 aromatic carbocycles. The van der Waals surface area contributed by atoms with Crippen LogP contribution in [0.25, 0.3) is 0 Å². The van der Waals surface area contributed by atoms with Crippen molar-refractivity contribution in [2.24, 2.45) is 10.8 Å². The molecule has 0 aromatic heterocycles. The van der Waals surface area contributed by atoms with Crippen LogP contribution in [0.15, 0.2) is 4.99 Å². The van der Waals surface area contributed by atoms with E-state index in [0.717, 1.165) is 31.6 Å². The van der Waals surface area contributed by atoms with Crippen molar-refractivity contribution in [2.45, 2.75) is 39.2 Å². The molecule has 0 radical (unpaired) electrons. The Hall–Kier alpha value is -0.420. The van der Waals surface area contributed by atoms with E-state index in [1.54, 1.807) is 0 Å². The molecular formula is C10H24N4S. The van der Waals surface area contributed by atoms with Crippen LogP contribution in [-0.2, 0) is 0 Å². The zero-order valence-corrected chi connectivity index (χ0v) is 10.9. The Bertz CT molecular complexity index is 173. The topological polar surface area (TPSA) is 62.4 Å². The highest BCUT2D eigenvalue weighted by Gasteiger charge is 2.03. The Morgan fingerprint density at radius 2 is 2.27 bits per heavy atom. The van der Waals surface area contributed by atoms with Crippen molar-refractivity contribution in [3.8, 4) is 0 Å². The molecule has 0 heterocycles. The molecule has 4 N–H and O–H groups in total. The summed E-state index contributed by atoms with van der Waals surface area (Å²) in [6.45, 7) is 5.13. The van der Waals surface area contributed by atoms with Gasteiger partial charge in [0, 0.05) is 12.6 Å². The van der Waals surface area contributed by atoms with Gasteiger partial charge in [0.25, 0.3) is 0 Å². The Labute approximate surface area is 97.5 Å². The third kappa shape index (κ3) is 8.57. The van der Waals surface area contributed by atoms with E-state index in [4.69, 9.17) is 5.84 Å². The molecule has 5 heteroatoms. The average molecular weight is 232 g/mol. The van der Waals surface area contributed by atoms with Crippen molar-refractivity contribution in [3.05, 3.63) is 0 Å².